The maximum absolute atomic E-state index is 13.6. The molecule has 274 valence electrons. The number of benzene rings is 2. The van der Waals surface area contributed by atoms with E-state index >= 15 is 0 Å². The Bertz CT molecular complexity index is 1530. The minimum atomic E-state index is -1.47. The molecular formula is C40H56ClN3O5S. The minimum absolute atomic E-state index is 0.127. The highest BCUT2D eigenvalue weighted by atomic mass is 35.5. The Morgan fingerprint density at radius 2 is 1.84 bits per heavy atom. The van der Waals surface area contributed by atoms with E-state index < -0.39 is 11.0 Å². The van der Waals surface area contributed by atoms with E-state index in [1.165, 1.54) is 30.4 Å². The zero-order chi connectivity index (χ0) is 34.8. The van der Waals surface area contributed by atoms with Crippen molar-refractivity contribution in [3.63, 3.8) is 0 Å². The third-order valence-corrected chi connectivity index (χ3v) is 14.3. The van der Waals surface area contributed by atoms with Gasteiger partial charge in [0, 0.05) is 35.5 Å². The zero-order valence-corrected chi connectivity index (χ0v) is 31.7. The van der Waals surface area contributed by atoms with Crippen molar-refractivity contribution in [2.24, 2.45) is 17.8 Å². The first-order valence-corrected chi connectivity index (χ1v) is 20.8. The molecule has 2 aromatic rings. The van der Waals surface area contributed by atoms with Crippen molar-refractivity contribution in [2.45, 2.75) is 108 Å². The highest BCUT2D eigenvalue weighted by molar-refractivity contribution is 7.84. The summed E-state index contributed by atoms with van der Waals surface area (Å²) in [6, 6.07) is 12.5. The number of ether oxygens (including phenoxy) is 3. The predicted molar refractivity (Wildman–Crippen MR) is 200 cm³/mol. The Kier molecular flexibility index (Phi) is 11.5. The van der Waals surface area contributed by atoms with Gasteiger partial charge in [0.2, 0.25) is 0 Å². The molecule has 1 amide bonds. The summed E-state index contributed by atoms with van der Waals surface area (Å²) >= 11 is 6.48. The van der Waals surface area contributed by atoms with E-state index in [9.17, 15) is 9.00 Å². The number of anilines is 1. The summed E-state index contributed by atoms with van der Waals surface area (Å²) in [5.41, 5.74) is 3.90. The Morgan fingerprint density at radius 3 is 2.58 bits per heavy atom. The number of hydrogen-bond acceptors (Lipinski definition) is 7. The van der Waals surface area contributed by atoms with E-state index in [-0.39, 0.29) is 28.8 Å². The minimum Gasteiger partial charge on any atom is -0.490 e. The number of nitrogens with zero attached hydrogens (tertiary/aromatic N) is 2. The van der Waals surface area contributed by atoms with Gasteiger partial charge in [-0.1, -0.05) is 37.9 Å². The molecule has 3 aliphatic heterocycles. The molecule has 1 N–H and O–H groups in total. The van der Waals surface area contributed by atoms with Crippen LogP contribution in [0.2, 0.25) is 5.02 Å². The lowest BCUT2D eigenvalue weighted by Crippen LogP contribution is -2.49. The second-order valence-electron chi connectivity index (χ2n) is 15.8. The van der Waals surface area contributed by atoms with Crippen LogP contribution in [0.5, 0.6) is 5.75 Å². The van der Waals surface area contributed by atoms with Crippen LogP contribution in [0.4, 0.5) is 5.69 Å². The molecule has 7 rings (SSSR count). The molecule has 3 heterocycles. The summed E-state index contributed by atoms with van der Waals surface area (Å²) in [6.07, 6.45) is 10.8. The molecule has 6 atom stereocenters. The first-order chi connectivity index (χ1) is 24.2. The van der Waals surface area contributed by atoms with Crippen LogP contribution < -0.4 is 14.4 Å². The third-order valence-electron chi connectivity index (χ3n) is 12.5. The average Bonchev–Trinajstić information content (AvgIpc) is 3.61. The van der Waals surface area contributed by atoms with Gasteiger partial charge in [-0.2, -0.15) is 0 Å². The van der Waals surface area contributed by atoms with Crippen molar-refractivity contribution in [3.8, 4) is 5.75 Å². The van der Waals surface area contributed by atoms with Crippen molar-refractivity contribution < 1.29 is 23.2 Å². The Balaban J connectivity index is 1.10. The summed E-state index contributed by atoms with van der Waals surface area (Å²) in [6.45, 7) is 12.3. The number of aryl methyl sites for hydroxylation is 1. The molecule has 0 bridgehead atoms. The number of rotatable bonds is 11. The van der Waals surface area contributed by atoms with Crippen LogP contribution >= 0.6 is 11.6 Å². The van der Waals surface area contributed by atoms with Crippen LogP contribution in [0.25, 0.3) is 0 Å². The van der Waals surface area contributed by atoms with E-state index in [1.807, 2.05) is 31.2 Å². The third kappa shape index (κ3) is 7.78. The van der Waals surface area contributed by atoms with Crippen molar-refractivity contribution in [3.05, 3.63) is 58.1 Å². The number of carbonyl (C=O) groups is 1. The first kappa shape index (κ1) is 36.2. The Morgan fingerprint density at radius 1 is 1.06 bits per heavy atom. The number of amides is 1. The average molecular weight is 726 g/mol. The van der Waals surface area contributed by atoms with Gasteiger partial charge in [-0.15, -0.1) is 0 Å². The molecular weight excluding hydrogens is 670 g/mol. The van der Waals surface area contributed by atoms with E-state index in [0.717, 1.165) is 101 Å². The maximum atomic E-state index is 13.6. The normalized spacial score (nSPS) is 30.0. The summed E-state index contributed by atoms with van der Waals surface area (Å²) < 4.78 is 35.3. The topological polar surface area (TPSA) is 80.3 Å². The highest BCUT2D eigenvalue weighted by Crippen LogP contribution is 2.47. The smallest absolute Gasteiger partial charge is 0.263 e. The molecule has 5 unspecified atom stereocenters. The number of halogens is 1. The van der Waals surface area contributed by atoms with Gasteiger partial charge in [-0.05, 0) is 131 Å². The summed E-state index contributed by atoms with van der Waals surface area (Å²) in [7, 11) is -1.47. The Labute approximate surface area is 306 Å². The SMILES string of the molecule is CCCC(C)C(C)S(=O)NC(=O)c1ccc2c(c1)N(CC1CCC1CC1OCC(N3CCCC3)CO1)C[C@@]1(CCCc3cc(Cl)ccc31)CO2. The van der Waals surface area contributed by atoms with E-state index in [2.05, 4.69) is 40.5 Å². The van der Waals surface area contributed by atoms with E-state index in [1.54, 1.807) is 0 Å². The second kappa shape index (κ2) is 15.8. The fourth-order valence-corrected chi connectivity index (χ4v) is 10.3. The van der Waals surface area contributed by atoms with Crippen LogP contribution in [0, 0.1) is 17.8 Å². The van der Waals surface area contributed by atoms with Crippen molar-refractivity contribution in [1.29, 1.82) is 0 Å². The van der Waals surface area contributed by atoms with Gasteiger partial charge in [0.1, 0.15) is 16.7 Å². The van der Waals surface area contributed by atoms with Gasteiger partial charge >= 0.3 is 0 Å². The molecule has 2 aliphatic carbocycles. The van der Waals surface area contributed by atoms with Crippen LogP contribution in [0.3, 0.4) is 0 Å². The monoisotopic (exact) mass is 725 g/mol. The van der Waals surface area contributed by atoms with Crippen LogP contribution in [-0.4, -0.2) is 78.6 Å². The molecule has 2 saturated heterocycles. The molecule has 5 aliphatic rings. The van der Waals surface area contributed by atoms with Gasteiger partial charge < -0.3 is 19.1 Å². The highest BCUT2D eigenvalue weighted by Gasteiger charge is 2.44. The summed E-state index contributed by atoms with van der Waals surface area (Å²) in [5, 5.41) is 0.649. The lowest BCUT2D eigenvalue weighted by Gasteiger charge is -2.45. The zero-order valence-electron chi connectivity index (χ0n) is 30.2. The first-order valence-electron chi connectivity index (χ1n) is 19.2. The van der Waals surface area contributed by atoms with Crippen molar-refractivity contribution in [2.75, 3.05) is 50.9 Å². The fourth-order valence-electron chi connectivity index (χ4n) is 9.11. The van der Waals surface area contributed by atoms with Crippen molar-refractivity contribution in [1.82, 2.24) is 9.62 Å². The van der Waals surface area contributed by atoms with Gasteiger partial charge in [0.05, 0.1) is 36.8 Å². The van der Waals surface area contributed by atoms with E-state index in [4.69, 9.17) is 25.8 Å². The molecule has 10 heteroatoms. The number of likely N-dealkylation sites (tertiary alicyclic amines) is 1. The molecule has 8 nitrogen and oxygen atoms in total. The van der Waals surface area contributed by atoms with Crippen LogP contribution in [0.15, 0.2) is 36.4 Å². The fraction of sp³-hybridized carbons (Fsp3) is 0.675. The quantitative estimate of drug-likeness (QED) is 0.261. The Hall–Kier alpha value is -2.17. The second-order valence-corrected chi connectivity index (χ2v) is 17.8. The molecule has 2 aromatic carbocycles. The van der Waals surface area contributed by atoms with Gasteiger partial charge in [0.25, 0.3) is 5.91 Å². The molecule has 1 saturated carbocycles. The largest absolute Gasteiger partial charge is 0.490 e. The molecule has 3 fully saturated rings. The maximum Gasteiger partial charge on any atom is 0.263 e. The number of hydrogen-bond donors (Lipinski definition) is 1. The van der Waals surface area contributed by atoms with Crippen molar-refractivity contribution >= 4 is 34.2 Å². The predicted octanol–water partition coefficient (Wildman–Crippen LogP) is 7.28. The lowest BCUT2D eigenvalue weighted by atomic mass is 9.69. The lowest BCUT2D eigenvalue weighted by molar-refractivity contribution is -0.214. The number of carbonyl (C=O) groups excluding carboxylic acids is 1. The molecule has 50 heavy (non-hydrogen) atoms. The summed E-state index contributed by atoms with van der Waals surface area (Å²) in [5.74, 6) is 1.75. The molecule has 0 aromatic heterocycles. The standard InChI is InChI=1S/C40H56ClN3O5S/c1-4-8-27(2)28(3)50(46)42-39(45)31-12-15-37-36(20-31)44(25-40(26-49-37)16-7-9-30-19-33(41)13-14-35(30)40)22-32-11-10-29(32)21-38-47-23-34(24-48-38)43-17-5-6-18-43/h12-15,19-20,27-29,32,34,38H,4-11,16-18,21-26H2,1-3H3,(H,42,45)/t27?,28?,29?,32?,34?,38?,40-,50?/m0/s1. The molecule has 1 spiro atoms. The van der Waals surface area contributed by atoms with Crippen LogP contribution in [0.1, 0.15) is 100 Å². The molecule has 0 radical (unpaired) electrons. The van der Waals surface area contributed by atoms with Gasteiger partial charge in [-0.3, -0.25) is 14.4 Å². The number of nitrogens with one attached hydrogen (secondary N) is 1. The van der Waals surface area contributed by atoms with Gasteiger partial charge in [0.15, 0.2) is 6.29 Å². The van der Waals surface area contributed by atoms with Crippen LogP contribution in [-0.2, 0) is 32.3 Å². The number of fused-ring (bicyclic) bond motifs is 3. The van der Waals surface area contributed by atoms with E-state index in [0.29, 0.717) is 30.0 Å². The van der Waals surface area contributed by atoms with Gasteiger partial charge in [-0.25, -0.2) is 4.21 Å². The summed E-state index contributed by atoms with van der Waals surface area (Å²) in [4.78, 5) is 18.6.